The van der Waals surface area contributed by atoms with Crippen LogP contribution in [-0.2, 0) is 4.79 Å². The molecule has 0 fully saturated rings. The number of hydrogen-bond donors (Lipinski definition) is 0. The quantitative estimate of drug-likeness (QED) is 0.504. The zero-order valence-corrected chi connectivity index (χ0v) is 10.5. The van der Waals surface area contributed by atoms with Gasteiger partial charge in [-0.2, -0.15) is 0 Å². The highest BCUT2D eigenvalue weighted by atomic mass is 16.1. The minimum Gasteiger partial charge on any atom is -0.303 e. The van der Waals surface area contributed by atoms with Gasteiger partial charge in [0, 0.05) is 5.41 Å². The Morgan fingerprint density at radius 2 is 2.20 bits per heavy atom. The summed E-state index contributed by atoms with van der Waals surface area (Å²) in [5.74, 6) is 1.65. The second-order valence-corrected chi connectivity index (χ2v) is 5.92. The molecule has 1 nitrogen and oxygen atoms in total. The van der Waals surface area contributed by atoms with E-state index in [1.54, 1.807) is 0 Å². The first-order valence-electron chi connectivity index (χ1n) is 6.09. The molecule has 15 heavy (non-hydrogen) atoms. The summed E-state index contributed by atoms with van der Waals surface area (Å²) in [5.41, 5.74) is 1.32. The number of allylic oxidation sites excluding steroid dienone is 2. The number of rotatable bonds is 4. The third kappa shape index (κ3) is 3.81. The first kappa shape index (κ1) is 12.5. The maximum absolute atomic E-state index is 10.8. The molecule has 0 N–H and O–H groups in total. The topological polar surface area (TPSA) is 17.1 Å². The number of hydrogen-bond acceptors (Lipinski definition) is 1. The predicted octanol–water partition coefficient (Wildman–Crippen LogP) is 3.98. The molecule has 0 saturated carbocycles. The van der Waals surface area contributed by atoms with E-state index in [1.807, 2.05) is 13.8 Å². The molecule has 1 aliphatic rings. The molecule has 0 radical (unpaired) electrons. The van der Waals surface area contributed by atoms with E-state index >= 15 is 0 Å². The van der Waals surface area contributed by atoms with Gasteiger partial charge in [0.15, 0.2) is 0 Å². The average Bonchev–Trinajstić information content (AvgIpc) is 2.18. The Bertz CT molecular complexity index is 248. The van der Waals surface area contributed by atoms with Gasteiger partial charge in [0.05, 0.1) is 0 Å². The van der Waals surface area contributed by atoms with E-state index in [2.05, 4.69) is 19.9 Å². The Kier molecular flexibility index (Phi) is 4.12. The lowest BCUT2D eigenvalue weighted by atomic mass is 9.78. The first-order chi connectivity index (χ1) is 6.94. The highest BCUT2D eigenvalue weighted by Gasteiger charge is 2.22. The lowest BCUT2D eigenvalue weighted by Crippen LogP contribution is -2.17. The molecule has 0 bridgehead atoms. The van der Waals surface area contributed by atoms with Crippen LogP contribution in [0.1, 0.15) is 53.4 Å². The minimum absolute atomic E-state index is 0.170. The van der Waals surface area contributed by atoms with Gasteiger partial charge in [0.2, 0.25) is 0 Å². The Morgan fingerprint density at radius 3 is 2.60 bits per heavy atom. The van der Waals surface area contributed by atoms with E-state index in [4.69, 9.17) is 0 Å². The molecule has 0 saturated heterocycles. The van der Waals surface area contributed by atoms with Crippen LogP contribution in [-0.4, -0.2) is 6.29 Å². The molecule has 0 aliphatic heterocycles. The Labute approximate surface area is 93.9 Å². The second-order valence-electron chi connectivity index (χ2n) is 5.92. The predicted molar refractivity (Wildman–Crippen MR) is 64.7 cm³/mol. The molecule has 0 aromatic rings. The monoisotopic (exact) mass is 208 g/mol. The normalized spacial score (nSPS) is 22.7. The van der Waals surface area contributed by atoms with Crippen molar-refractivity contribution in [3.05, 3.63) is 11.6 Å². The van der Waals surface area contributed by atoms with E-state index in [-0.39, 0.29) is 5.41 Å². The third-order valence-electron chi connectivity index (χ3n) is 3.49. The molecule has 0 amide bonds. The fourth-order valence-corrected chi connectivity index (χ4v) is 2.30. The van der Waals surface area contributed by atoms with E-state index in [0.717, 1.165) is 24.5 Å². The summed E-state index contributed by atoms with van der Waals surface area (Å²) in [5, 5.41) is 0. The van der Waals surface area contributed by atoms with Gasteiger partial charge in [-0.1, -0.05) is 39.3 Å². The summed E-state index contributed by atoms with van der Waals surface area (Å²) in [6.45, 7) is 8.66. The lowest BCUT2D eigenvalue weighted by Gasteiger charge is -2.27. The maximum atomic E-state index is 10.8. The van der Waals surface area contributed by atoms with Crippen molar-refractivity contribution in [3.8, 4) is 0 Å². The van der Waals surface area contributed by atoms with E-state index < -0.39 is 0 Å². The van der Waals surface area contributed by atoms with Crippen LogP contribution in [0.25, 0.3) is 0 Å². The molecule has 0 unspecified atom stereocenters. The number of carbonyl (C=O) groups excluding carboxylic acids is 1. The number of aldehydes is 1. The van der Waals surface area contributed by atoms with Crippen molar-refractivity contribution in [2.24, 2.45) is 17.3 Å². The van der Waals surface area contributed by atoms with Gasteiger partial charge in [-0.25, -0.2) is 0 Å². The Morgan fingerprint density at radius 1 is 1.53 bits per heavy atom. The van der Waals surface area contributed by atoms with Crippen molar-refractivity contribution < 1.29 is 4.79 Å². The van der Waals surface area contributed by atoms with Crippen molar-refractivity contribution in [1.82, 2.24) is 0 Å². The van der Waals surface area contributed by atoms with Crippen LogP contribution in [0.5, 0.6) is 0 Å². The molecule has 1 aliphatic carbocycles. The SMILES string of the molecule is CC(C)[C@@H]1CC=C(CC(C)(C)C=O)CC1. The van der Waals surface area contributed by atoms with Gasteiger partial charge in [-0.3, -0.25) is 0 Å². The van der Waals surface area contributed by atoms with Crippen LogP contribution in [0.15, 0.2) is 11.6 Å². The van der Waals surface area contributed by atoms with Crippen LogP contribution in [0.4, 0.5) is 0 Å². The van der Waals surface area contributed by atoms with Crippen LogP contribution in [0, 0.1) is 17.3 Å². The summed E-state index contributed by atoms with van der Waals surface area (Å²) in [7, 11) is 0. The van der Waals surface area contributed by atoms with Crippen molar-refractivity contribution in [1.29, 1.82) is 0 Å². The minimum atomic E-state index is -0.170. The smallest absolute Gasteiger partial charge is 0.125 e. The Hall–Kier alpha value is -0.590. The van der Waals surface area contributed by atoms with Gasteiger partial charge >= 0.3 is 0 Å². The lowest BCUT2D eigenvalue weighted by molar-refractivity contribution is -0.114. The molecule has 1 atom stereocenters. The summed E-state index contributed by atoms with van der Waals surface area (Å²) in [6.07, 6.45) is 8.11. The van der Waals surface area contributed by atoms with E-state index in [0.29, 0.717) is 0 Å². The molecule has 0 aromatic heterocycles. The average molecular weight is 208 g/mol. The summed E-state index contributed by atoms with van der Waals surface area (Å²) < 4.78 is 0. The van der Waals surface area contributed by atoms with Gasteiger partial charge in [0.1, 0.15) is 6.29 Å². The molecular weight excluding hydrogens is 184 g/mol. The summed E-state index contributed by atoms with van der Waals surface area (Å²) in [4.78, 5) is 10.8. The van der Waals surface area contributed by atoms with Crippen LogP contribution in [0.3, 0.4) is 0 Å². The third-order valence-corrected chi connectivity index (χ3v) is 3.49. The van der Waals surface area contributed by atoms with Gasteiger partial charge in [-0.05, 0) is 37.5 Å². The highest BCUT2D eigenvalue weighted by Crippen LogP contribution is 2.34. The second kappa shape index (κ2) is 4.96. The van der Waals surface area contributed by atoms with Crippen molar-refractivity contribution in [3.63, 3.8) is 0 Å². The summed E-state index contributed by atoms with van der Waals surface area (Å²) in [6, 6.07) is 0. The van der Waals surface area contributed by atoms with Gasteiger partial charge < -0.3 is 4.79 Å². The fourth-order valence-electron chi connectivity index (χ4n) is 2.30. The summed E-state index contributed by atoms with van der Waals surface area (Å²) >= 11 is 0. The molecule has 0 aromatic carbocycles. The van der Waals surface area contributed by atoms with Crippen molar-refractivity contribution in [2.45, 2.75) is 53.4 Å². The molecular formula is C14H24O. The molecule has 1 heteroatoms. The Balaban J connectivity index is 2.51. The van der Waals surface area contributed by atoms with Crippen molar-refractivity contribution >= 4 is 6.29 Å². The fraction of sp³-hybridized carbons (Fsp3) is 0.786. The largest absolute Gasteiger partial charge is 0.303 e. The zero-order valence-electron chi connectivity index (χ0n) is 10.5. The molecule has 1 rings (SSSR count). The molecule has 86 valence electrons. The molecule has 0 spiro atoms. The highest BCUT2D eigenvalue weighted by molar-refractivity contribution is 5.58. The van der Waals surface area contributed by atoms with Crippen LogP contribution in [0.2, 0.25) is 0 Å². The van der Waals surface area contributed by atoms with E-state index in [9.17, 15) is 4.79 Å². The first-order valence-corrected chi connectivity index (χ1v) is 6.09. The standard InChI is InChI=1S/C14H24O/c1-11(2)13-7-5-12(6-8-13)9-14(3,4)10-15/h5,10-11,13H,6-9H2,1-4H3/t13-/m1/s1. The van der Waals surface area contributed by atoms with Gasteiger partial charge in [-0.15, -0.1) is 0 Å². The maximum Gasteiger partial charge on any atom is 0.125 e. The van der Waals surface area contributed by atoms with Crippen LogP contribution < -0.4 is 0 Å². The van der Waals surface area contributed by atoms with Crippen LogP contribution >= 0.6 is 0 Å². The molecule has 0 heterocycles. The van der Waals surface area contributed by atoms with Gasteiger partial charge in [0.25, 0.3) is 0 Å². The zero-order chi connectivity index (χ0) is 11.5. The van der Waals surface area contributed by atoms with Crippen molar-refractivity contribution in [2.75, 3.05) is 0 Å². The number of carbonyl (C=O) groups is 1. The van der Waals surface area contributed by atoms with E-state index in [1.165, 1.54) is 24.8 Å².